The van der Waals surface area contributed by atoms with Gasteiger partial charge in [0.25, 0.3) is 0 Å². The summed E-state index contributed by atoms with van der Waals surface area (Å²) in [6.45, 7) is 5.33. The first kappa shape index (κ1) is 13.7. The third-order valence-corrected chi connectivity index (χ3v) is 3.05. The molecule has 0 aliphatic rings. The Morgan fingerprint density at radius 2 is 2.00 bits per heavy atom. The Bertz CT molecular complexity index is 454. The van der Waals surface area contributed by atoms with Gasteiger partial charge in [0.15, 0.2) is 6.33 Å². The van der Waals surface area contributed by atoms with Crippen LogP contribution in [0.25, 0.3) is 0 Å². The van der Waals surface area contributed by atoms with Gasteiger partial charge in [-0.05, 0) is 17.9 Å². The molecule has 2 aromatic rings. The van der Waals surface area contributed by atoms with Crippen LogP contribution in [0, 0.1) is 5.92 Å². The van der Waals surface area contributed by atoms with Gasteiger partial charge in [-0.1, -0.05) is 49.3 Å². The summed E-state index contributed by atoms with van der Waals surface area (Å²) in [6, 6.07) is 10.9. The van der Waals surface area contributed by atoms with Crippen LogP contribution in [0.2, 0.25) is 0 Å². The van der Waals surface area contributed by atoms with E-state index in [2.05, 4.69) is 53.6 Å². The minimum absolute atomic E-state index is 0.379. The highest BCUT2D eigenvalue weighted by Crippen LogP contribution is 2.20. The zero-order valence-corrected chi connectivity index (χ0v) is 11.5. The number of benzene rings is 1. The van der Waals surface area contributed by atoms with E-state index in [9.17, 15) is 0 Å². The summed E-state index contributed by atoms with van der Waals surface area (Å²) >= 11 is 0. The molecule has 2 rings (SSSR count). The number of nitrogens with one attached hydrogen (secondary N) is 1. The fourth-order valence-corrected chi connectivity index (χ4v) is 2.15. The Kier molecular flexibility index (Phi) is 5.10. The van der Waals surface area contributed by atoms with Crippen molar-refractivity contribution in [1.82, 2.24) is 15.5 Å². The smallest absolute Gasteiger partial charge is 0.227 e. The number of rotatable bonds is 7. The molecule has 0 saturated heterocycles. The molecule has 102 valence electrons. The fourth-order valence-electron chi connectivity index (χ4n) is 2.15. The molecular weight excluding hydrogens is 238 g/mol. The van der Waals surface area contributed by atoms with Gasteiger partial charge in [0.05, 0.1) is 0 Å². The number of nitrogens with zero attached hydrogens (tertiary/aromatic N) is 2. The average molecular weight is 259 g/mol. The summed E-state index contributed by atoms with van der Waals surface area (Å²) in [6.07, 6.45) is 3.33. The van der Waals surface area contributed by atoms with Gasteiger partial charge in [-0.3, -0.25) is 0 Å². The first-order chi connectivity index (χ1) is 9.25. The zero-order valence-electron chi connectivity index (χ0n) is 11.5. The molecule has 1 aromatic heterocycles. The molecule has 1 heterocycles. The molecule has 0 amide bonds. The van der Waals surface area contributed by atoms with Crippen molar-refractivity contribution in [2.75, 3.05) is 6.54 Å². The van der Waals surface area contributed by atoms with Gasteiger partial charge in [-0.15, -0.1) is 0 Å². The lowest BCUT2D eigenvalue weighted by Gasteiger charge is -2.20. The highest BCUT2D eigenvalue weighted by atomic mass is 16.5. The topological polar surface area (TPSA) is 51.0 Å². The molecule has 1 unspecified atom stereocenters. The molecule has 19 heavy (non-hydrogen) atoms. The van der Waals surface area contributed by atoms with E-state index in [-0.39, 0.29) is 0 Å². The highest BCUT2D eigenvalue weighted by molar-refractivity contribution is 5.18. The lowest BCUT2D eigenvalue weighted by Crippen LogP contribution is -2.25. The highest BCUT2D eigenvalue weighted by Gasteiger charge is 2.12. The molecular formula is C15H21N3O. The third kappa shape index (κ3) is 4.48. The first-order valence-corrected chi connectivity index (χ1v) is 6.79. The summed E-state index contributed by atoms with van der Waals surface area (Å²) in [7, 11) is 0. The molecule has 0 saturated carbocycles. The van der Waals surface area contributed by atoms with E-state index < -0.39 is 0 Å². The molecule has 0 aliphatic heterocycles. The van der Waals surface area contributed by atoms with Crippen molar-refractivity contribution in [3.63, 3.8) is 0 Å². The molecule has 1 N–H and O–H groups in total. The number of hydrogen-bond donors (Lipinski definition) is 1. The summed E-state index contributed by atoms with van der Waals surface area (Å²) in [5.41, 5.74) is 1.33. The van der Waals surface area contributed by atoms with E-state index >= 15 is 0 Å². The monoisotopic (exact) mass is 259 g/mol. The second kappa shape index (κ2) is 7.04. The zero-order chi connectivity index (χ0) is 13.5. The average Bonchev–Trinajstić information content (AvgIpc) is 2.91. The Morgan fingerprint density at radius 3 is 2.63 bits per heavy atom. The largest absolute Gasteiger partial charge is 0.340 e. The van der Waals surface area contributed by atoms with Gasteiger partial charge < -0.3 is 9.84 Å². The normalized spacial score (nSPS) is 12.8. The molecule has 1 aromatic carbocycles. The standard InChI is InChI=1S/C15H21N3O/c1-12(2)10-14(13-6-4-3-5-7-13)16-9-8-15-17-11-18-19-15/h3-7,11-12,14,16H,8-10H2,1-2H3. The first-order valence-electron chi connectivity index (χ1n) is 6.79. The third-order valence-electron chi connectivity index (χ3n) is 3.05. The van der Waals surface area contributed by atoms with E-state index in [4.69, 9.17) is 4.52 Å². The van der Waals surface area contributed by atoms with E-state index in [1.807, 2.05) is 6.07 Å². The Hall–Kier alpha value is -1.68. The Morgan fingerprint density at radius 1 is 1.21 bits per heavy atom. The SMILES string of the molecule is CC(C)CC(NCCc1ncno1)c1ccccc1. The minimum atomic E-state index is 0.379. The van der Waals surface area contributed by atoms with Crippen LogP contribution in [-0.2, 0) is 6.42 Å². The van der Waals surface area contributed by atoms with Crippen molar-refractivity contribution in [2.24, 2.45) is 5.92 Å². The van der Waals surface area contributed by atoms with Crippen molar-refractivity contribution < 1.29 is 4.52 Å². The Balaban J connectivity index is 1.91. The summed E-state index contributed by atoms with van der Waals surface area (Å²) in [4.78, 5) is 4.03. The minimum Gasteiger partial charge on any atom is -0.340 e. The molecule has 0 radical (unpaired) electrons. The number of hydrogen-bond acceptors (Lipinski definition) is 4. The molecule has 4 nitrogen and oxygen atoms in total. The predicted molar refractivity (Wildman–Crippen MR) is 74.6 cm³/mol. The molecule has 0 fully saturated rings. The van der Waals surface area contributed by atoms with Crippen molar-refractivity contribution >= 4 is 0 Å². The quantitative estimate of drug-likeness (QED) is 0.830. The maximum Gasteiger partial charge on any atom is 0.227 e. The number of aromatic nitrogens is 2. The van der Waals surface area contributed by atoms with Crippen LogP contribution in [0.3, 0.4) is 0 Å². The van der Waals surface area contributed by atoms with Crippen LogP contribution >= 0.6 is 0 Å². The van der Waals surface area contributed by atoms with Gasteiger partial charge in [0, 0.05) is 19.0 Å². The second-order valence-electron chi connectivity index (χ2n) is 5.13. The van der Waals surface area contributed by atoms with Crippen molar-refractivity contribution in [3.8, 4) is 0 Å². The summed E-state index contributed by atoms with van der Waals surface area (Å²) < 4.78 is 5.00. The fraction of sp³-hybridized carbons (Fsp3) is 0.467. The van der Waals surface area contributed by atoms with E-state index in [0.717, 1.165) is 19.4 Å². The van der Waals surface area contributed by atoms with Crippen molar-refractivity contribution in [3.05, 3.63) is 48.1 Å². The molecule has 1 atom stereocenters. The lowest BCUT2D eigenvalue weighted by atomic mass is 9.97. The summed E-state index contributed by atoms with van der Waals surface area (Å²) in [5.74, 6) is 1.34. The summed E-state index contributed by atoms with van der Waals surface area (Å²) in [5, 5.41) is 7.19. The molecule has 0 bridgehead atoms. The van der Waals surface area contributed by atoms with Crippen molar-refractivity contribution in [1.29, 1.82) is 0 Å². The van der Waals surface area contributed by atoms with Gasteiger partial charge in [-0.25, -0.2) is 0 Å². The van der Waals surface area contributed by atoms with Crippen LogP contribution in [-0.4, -0.2) is 16.7 Å². The molecule has 0 aliphatic carbocycles. The van der Waals surface area contributed by atoms with Crippen LogP contribution < -0.4 is 5.32 Å². The van der Waals surface area contributed by atoms with E-state index in [1.165, 1.54) is 11.9 Å². The van der Waals surface area contributed by atoms with Crippen LogP contribution in [0.1, 0.15) is 37.8 Å². The lowest BCUT2D eigenvalue weighted by molar-refractivity contribution is 0.365. The van der Waals surface area contributed by atoms with Crippen molar-refractivity contribution in [2.45, 2.75) is 32.7 Å². The Labute approximate surface area is 114 Å². The molecule has 4 heteroatoms. The second-order valence-corrected chi connectivity index (χ2v) is 5.13. The predicted octanol–water partition coefficient (Wildman–Crippen LogP) is 2.99. The van der Waals surface area contributed by atoms with E-state index in [0.29, 0.717) is 17.9 Å². The molecule has 0 spiro atoms. The van der Waals surface area contributed by atoms with Crippen LogP contribution in [0.15, 0.2) is 41.2 Å². The van der Waals surface area contributed by atoms with Gasteiger partial charge in [0.1, 0.15) is 0 Å². The van der Waals surface area contributed by atoms with Gasteiger partial charge in [0.2, 0.25) is 5.89 Å². The van der Waals surface area contributed by atoms with Gasteiger partial charge >= 0.3 is 0 Å². The van der Waals surface area contributed by atoms with Crippen LogP contribution in [0.4, 0.5) is 0 Å². The van der Waals surface area contributed by atoms with E-state index in [1.54, 1.807) is 0 Å². The van der Waals surface area contributed by atoms with Gasteiger partial charge in [-0.2, -0.15) is 4.98 Å². The van der Waals surface area contributed by atoms with Crippen LogP contribution in [0.5, 0.6) is 0 Å². The maximum absolute atomic E-state index is 5.00. The maximum atomic E-state index is 5.00.